The van der Waals surface area contributed by atoms with Crippen molar-refractivity contribution < 1.29 is 0 Å². The van der Waals surface area contributed by atoms with Crippen LogP contribution < -0.4 is 0 Å². The average Bonchev–Trinajstić information content (AvgIpc) is 2.67. The van der Waals surface area contributed by atoms with Crippen LogP contribution in [0.1, 0.15) is 37.2 Å². The van der Waals surface area contributed by atoms with E-state index in [1.54, 1.807) is 0 Å². The molecule has 2 aliphatic rings. The largest absolute Gasteiger partial charge is 0.300 e. The zero-order chi connectivity index (χ0) is 12.8. The van der Waals surface area contributed by atoms with E-state index >= 15 is 0 Å². The Morgan fingerprint density at radius 1 is 1.05 bits per heavy atom. The number of benzene rings is 1. The molecule has 98 valence electrons. The molecular formula is C17H20N2. The first-order valence-electron chi connectivity index (χ1n) is 7.38. The molecule has 3 heterocycles. The van der Waals surface area contributed by atoms with Crippen molar-refractivity contribution >= 4 is 10.9 Å². The van der Waals surface area contributed by atoms with E-state index < -0.39 is 0 Å². The Morgan fingerprint density at radius 3 is 2.58 bits per heavy atom. The van der Waals surface area contributed by atoms with Crippen LogP contribution in [0, 0.1) is 0 Å². The second kappa shape index (κ2) is 4.31. The fourth-order valence-electron chi connectivity index (χ4n) is 4.12. The van der Waals surface area contributed by atoms with E-state index in [0.717, 1.165) is 12.1 Å². The fraction of sp³-hybridized carbons (Fsp3) is 0.471. The van der Waals surface area contributed by atoms with Crippen molar-refractivity contribution in [3.05, 3.63) is 42.1 Å². The first-order valence-corrected chi connectivity index (χ1v) is 7.38. The monoisotopic (exact) mass is 252 g/mol. The van der Waals surface area contributed by atoms with Crippen molar-refractivity contribution in [3.63, 3.8) is 0 Å². The number of hydrogen-bond donors (Lipinski definition) is 0. The van der Waals surface area contributed by atoms with Crippen LogP contribution in [0.2, 0.25) is 0 Å². The van der Waals surface area contributed by atoms with Gasteiger partial charge in [-0.3, -0.25) is 4.98 Å². The topological polar surface area (TPSA) is 16.1 Å². The zero-order valence-electron chi connectivity index (χ0n) is 11.4. The number of piperidine rings is 1. The van der Waals surface area contributed by atoms with Crippen LogP contribution in [0.15, 0.2) is 36.5 Å². The van der Waals surface area contributed by atoms with Gasteiger partial charge in [-0.15, -0.1) is 0 Å². The summed E-state index contributed by atoms with van der Waals surface area (Å²) in [5.74, 6) is 0.701. The summed E-state index contributed by atoms with van der Waals surface area (Å²) in [7, 11) is 2.31. The predicted octanol–water partition coefficient (Wildman–Crippen LogP) is 3.58. The minimum Gasteiger partial charge on any atom is -0.300 e. The predicted molar refractivity (Wildman–Crippen MR) is 78.3 cm³/mol. The molecule has 1 aromatic carbocycles. The minimum atomic E-state index is 0.701. The van der Waals surface area contributed by atoms with Crippen molar-refractivity contribution in [2.24, 2.45) is 0 Å². The van der Waals surface area contributed by atoms with Crippen LogP contribution >= 0.6 is 0 Å². The van der Waals surface area contributed by atoms with Gasteiger partial charge in [-0.25, -0.2) is 0 Å². The highest BCUT2D eigenvalue weighted by molar-refractivity contribution is 5.82. The summed E-state index contributed by atoms with van der Waals surface area (Å²) < 4.78 is 0. The summed E-state index contributed by atoms with van der Waals surface area (Å²) >= 11 is 0. The number of aromatic nitrogens is 1. The van der Waals surface area contributed by atoms with Crippen LogP contribution in [0.4, 0.5) is 0 Å². The molecule has 2 bridgehead atoms. The molecule has 4 rings (SSSR count). The number of rotatable bonds is 1. The normalized spacial score (nSPS) is 30.9. The van der Waals surface area contributed by atoms with Crippen molar-refractivity contribution in [1.29, 1.82) is 0 Å². The zero-order valence-corrected chi connectivity index (χ0v) is 11.4. The van der Waals surface area contributed by atoms with Gasteiger partial charge in [0.2, 0.25) is 0 Å². The maximum absolute atomic E-state index is 4.63. The number of para-hydroxylation sites is 1. The number of pyridine rings is 1. The smallest absolute Gasteiger partial charge is 0.0736 e. The van der Waals surface area contributed by atoms with Crippen LogP contribution in [0.25, 0.3) is 10.9 Å². The molecule has 0 N–H and O–H groups in total. The van der Waals surface area contributed by atoms with Gasteiger partial charge in [0.05, 0.1) is 5.52 Å². The quantitative estimate of drug-likeness (QED) is 0.771. The summed E-state index contributed by atoms with van der Waals surface area (Å²) in [6.45, 7) is 0. The Hall–Kier alpha value is -1.41. The highest BCUT2D eigenvalue weighted by Crippen LogP contribution is 2.43. The van der Waals surface area contributed by atoms with Gasteiger partial charge >= 0.3 is 0 Å². The third kappa shape index (κ3) is 1.78. The highest BCUT2D eigenvalue weighted by atomic mass is 15.2. The minimum absolute atomic E-state index is 0.701. The summed E-state index contributed by atoms with van der Waals surface area (Å²) in [4.78, 5) is 7.24. The van der Waals surface area contributed by atoms with Gasteiger partial charge in [-0.1, -0.05) is 24.3 Å². The second-order valence-corrected chi connectivity index (χ2v) is 6.14. The molecule has 0 aliphatic carbocycles. The van der Waals surface area contributed by atoms with E-state index in [2.05, 4.69) is 41.2 Å². The highest BCUT2D eigenvalue weighted by Gasteiger charge is 2.39. The summed E-state index contributed by atoms with van der Waals surface area (Å²) in [5, 5.41) is 1.28. The van der Waals surface area contributed by atoms with Crippen LogP contribution in [-0.2, 0) is 0 Å². The molecule has 19 heavy (non-hydrogen) atoms. The Morgan fingerprint density at radius 2 is 1.79 bits per heavy atom. The molecule has 2 aliphatic heterocycles. The van der Waals surface area contributed by atoms with Crippen LogP contribution in [-0.4, -0.2) is 29.0 Å². The van der Waals surface area contributed by atoms with Gasteiger partial charge in [-0.2, -0.15) is 0 Å². The van der Waals surface area contributed by atoms with Gasteiger partial charge in [0.15, 0.2) is 0 Å². The summed E-state index contributed by atoms with van der Waals surface area (Å²) in [6.07, 6.45) is 7.31. The average molecular weight is 252 g/mol. The molecule has 2 nitrogen and oxygen atoms in total. The van der Waals surface area contributed by atoms with E-state index in [9.17, 15) is 0 Å². The fourth-order valence-corrected chi connectivity index (χ4v) is 4.12. The Labute approximate surface area is 114 Å². The standard InChI is InChI=1S/C17H20N2/c1-19-14-7-8-15(19)11-13(10-14)16-6-2-4-12-5-3-9-18-17(12)16/h2-6,9,13-15H,7-8,10-11H2,1H3/t13?,14-,15+. The van der Waals surface area contributed by atoms with Crippen molar-refractivity contribution in [2.75, 3.05) is 7.05 Å². The van der Waals surface area contributed by atoms with Gasteiger partial charge in [0.25, 0.3) is 0 Å². The van der Waals surface area contributed by atoms with E-state index in [1.165, 1.54) is 42.1 Å². The molecule has 2 aromatic rings. The second-order valence-electron chi connectivity index (χ2n) is 6.14. The lowest BCUT2D eigenvalue weighted by Gasteiger charge is -2.36. The Kier molecular flexibility index (Phi) is 2.59. The van der Waals surface area contributed by atoms with Crippen molar-refractivity contribution in [3.8, 4) is 0 Å². The van der Waals surface area contributed by atoms with Gasteiger partial charge in [0, 0.05) is 23.7 Å². The SMILES string of the molecule is CN1[C@@H]2CC[C@H]1CC(c1cccc3cccnc13)C2. The molecule has 0 spiro atoms. The van der Waals surface area contributed by atoms with Gasteiger partial charge in [-0.05, 0) is 50.3 Å². The Bertz CT molecular complexity index is 588. The van der Waals surface area contributed by atoms with Gasteiger partial charge in [0.1, 0.15) is 0 Å². The van der Waals surface area contributed by atoms with E-state index in [1.807, 2.05) is 12.3 Å². The molecule has 2 saturated heterocycles. The lowest BCUT2D eigenvalue weighted by molar-refractivity contribution is 0.162. The van der Waals surface area contributed by atoms with E-state index in [0.29, 0.717) is 5.92 Å². The van der Waals surface area contributed by atoms with Gasteiger partial charge < -0.3 is 4.90 Å². The van der Waals surface area contributed by atoms with Crippen molar-refractivity contribution in [2.45, 2.75) is 43.7 Å². The van der Waals surface area contributed by atoms with E-state index in [4.69, 9.17) is 0 Å². The van der Waals surface area contributed by atoms with E-state index in [-0.39, 0.29) is 0 Å². The molecule has 1 unspecified atom stereocenters. The number of nitrogens with zero attached hydrogens (tertiary/aromatic N) is 2. The molecular weight excluding hydrogens is 232 g/mol. The summed E-state index contributed by atoms with van der Waals surface area (Å²) in [5.41, 5.74) is 2.70. The lowest BCUT2D eigenvalue weighted by atomic mass is 9.84. The summed E-state index contributed by atoms with van der Waals surface area (Å²) in [6, 6.07) is 12.5. The Balaban J connectivity index is 1.75. The first-order chi connectivity index (χ1) is 9.33. The number of fused-ring (bicyclic) bond motifs is 3. The molecule has 2 fully saturated rings. The first kappa shape index (κ1) is 11.4. The molecule has 0 saturated carbocycles. The molecule has 3 atom stereocenters. The maximum Gasteiger partial charge on any atom is 0.0736 e. The molecule has 2 heteroatoms. The molecule has 1 aromatic heterocycles. The number of hydrogen-bond acceptors (Lipinski definition) is 2. The molecule has 0 amide bonds. The van der Waals surface area contributed by atoms with Crippen LogP contribution in [0.5, 0.6) is 0 Å². The third-order valence-electron chi connectivity index (χ3n) is 5.20. The third-order valence-corrected chi connectivity index (χ3v) is 5.20. The maximum atomic E-state index is 4.63. The van der Waals surface area contributed by atoms with Crippen LogP contribution in [0.3, 0.4) is 0 Å². The lowest BCUT2D eigenvalue weighted by Crippen LogP contribution is -2.39. The van der Waals surface area contributed by atoms with Crippen molar-refractivity contribution in [1.82, 2.24) is 9.88 Å². The molecule has 0 radical (unpaired) electrons.